The zero-order chi connectivity index (χ0) is 19.8. The monoisotopic (exact) mass is 399 g/mol. The molecule has 0 radical (unpaired) electrons. The fraction of sp³-hybridized carbons (Fsp3) is 0.0870. The van der Waals surface area contributed by atoms with Crippen LogP contribution < -0.4 is 5.32 Å². The Morgan fingerprint density at radius 2 is 1.83 bits per heavy atom. The van der Waals surface area contributed by atoms with Gasteiger partial charge in [0.05, 0.1) is 23.2 Å². The first-order chi connectivity index (χ1) is 14.2. The molecule has 1 aromatic heterocycles. The van der Waals surface area contributed by atoms with Gasteiger partial charge in [-0.3, -0.25) is 14.2 Å². The van der Waals surface area contributed by atoms with Crippen LogP contribution in [0.5, 0.6) is 0 Å². The lowest BCUT2D eigenvalue weighted by Gasteiger charge is -2.09. The normalized spacial score (nSPS) is 12.8. The van der Waals surface area contributed by atoms with Crippen molar-refractivity contribution in [3.8, 4) is 5.69 Å². The Morgan fingerprint density at radius 3 is 2.69 bits per heavy atom. The van der Waals surface area contributed by atoms with Crippen LogP contribution in [-0.2, 0) is 11.2 Å². The SMILES string of the molecule is O=C1Cc2cc(C(=O)CSc3nc4ccccc4n3-c3ccccc3)ccc2N1. The number of fused-ring (bicyclic) bond motifs is 2. The maximum absolute atomic E-state index is 12.8. The Bertz CT molecular complexity index is 1250. The molecule has 6 heteroatoms. The van der Waals surface area contributed by atoms with Crippen LogP contribution in [0.1, 0.15) is 15.9 Å². The number of amides is 1. The number of carbonyl (C=O) groups is 2. The van der Waals surface area contributed by atoms with Crippen LogP contribution in [0.4, 0.5) is 5.69 Å². The summed E-state index contributed by atoms with van der Waals surface area (Å²) in [5.41, 5.74) is 5.21. The van der Waals surface area contributed by atoms with Crippen molar-refractivity contribution >= 4 is 40.2 Å². The first-order valence-corrected chi connectivity index (χ1v) is 10.3. The Labute approximate surface area is 171 Å². The number of para-hydroxylation sites is 3. The van der Waals surface area contributed by atoms with Gasteiger partial charge in [-0.1, -0.05) is 42.1 Å². The van der Waals surface area contributed by atoms with E-state index in [0.717, 1.165) is 33.1 Å². The van der Waals surface area contributed by atoms with E-state index >= 15 is 0 Å². The van der Waals surface area contributed by atoms with Gasteiger partial charge in [0, 0.05) is 16.9 Å². The van der Waals surface area contributed by atoms with Gasteiger partial charge < -0.3 is 5.32 Å². The number of imidazole rings is 1. The Morgan fingerprint density at radius 1 is 1.03 bits per heavy atom. The number of hydrogen-bond donors (Lipinski definition) is 1. The lowest BCUT2D eigenvalue weighted by atomic mass is 10.1. The summed E-state index contributed by atoms with van der Waals surface area (Å²) in [5, 5.41) is 3.57. The molecule has 0 bridgehead atoms. The molecule has 1 amide bonds. The third kappa shape index (κ3) is 3.32. The van der Waals surface area contributed by atoms with Crippen LogP contribution in [0.3, 0.4) is 0 Å². The van der Waals surface area contributed by atoms with Crippen LogP contribution in [0, 0.1) is 0 Å². The van der Waals surface area contributed by atoms with E-state index in [1.807, 2.05) is 60.7 Å². The highest BCUT2D eigenvalue weighted by Crippen LogP contribution is 2.29. The lowest BCUT2D eigenvalue weighted by molar-refractivity contribution is -0.115. The third-order valence-corrected chi connectivity index (χ3v) is 5.87. The standard InChI is InChI=1S/C23H17N3O2S/c27-21(15-10-11-18-16(12-15)13-22(28)24-18)14-29-23-25-19-8-4-5-9-20(19)26(23)17-6-2-1-3-7-17/h1-12H,13-14H2,(H,24,28). The summed E-state index contributed by atoms with van der Waals surface area (Å²) in [6.07, 6.45) is 0.327. The minimum atomic E-state index is -0.0319. The lowest BCUT2D eigenvalue weighted by Crippen LogP contribution is -2.05. The molecule has 0 saturated carbocycles. The van der Waals surface area contributed by atoms with Gasteiger partial charge in [-0.2, -0.15) is 0 Å². The maximum atomic E-state index is 12.8. The molecular weight excluding hydrogens is 382 g/mol. The number of carbonyl (C=O) groups excluding carboxylic acids is 2. The summed E-state index contributed by atoms with van der Waals surface area (Å²) in [6.45, 7) is 0. The minimum Gasteiger partial charge on any atom is -0.326 e. The van der Waals surface area contributed by atoms with E-state index in [9.17, 15) is 9.59 Å². The van der Waals surface area contributed by atoms with E-state index in [2.05, 4.69) is 9.88 Å². The highest BCUT2D eigenvalue weighted by molar-refractivity contribution is 7.99. The van der Waals surface area contributed by atoms with Crippen molar-refractivity contribution in [2.45, 2.75) is 11.6 Å². The smallest absolute Gasteiger partial charge is 0.228 e. The van der Waals surface area contributed by atoms with E-state index in [1.165, 1.54) is 11.8 Å². The quantitative estimate of drug-likeness (QED) is 0.397. The molecule has 2 heterocycles. The fourth-order valence-corrected chi connectivity index (χ4v) is 4.47. The third-order valence-electron chi connectivity index (χ3n) is 4.93. The van der Waals surface area contributed by atoms with Crippen molar-refractivity contribution < 1.29 is 9.59 Å². The van der Waals surface area contributed by atoms with Crippen molar-refractivity contribution in [3.05, 3.63) is 83.9 Å². The van der Waals surface area contributed by atoms with E-state index in [4.69, 9.17) is 4.98 Å². The second kappa shape index (κ2) is 7.22. The minimum absolute atomic E-state index is 0.0174. The Balaban J connectivity index is 1.43. The summed E-state index contributed by atoms with van der Waals surface area (Å²) in [6, 6.07) is 23.4. The topological polar surface area (TPSA) is 64.0 Å². The summed E-state index contributed by atoms with van der Waals surface area (Å²) in [4.78, 5) is 29.1. The molecule has 1 aliphatic heterocycles. The average Bonchev–Trinajstić information content (AvgIpc) is 3.31. The Kier molecular flexibility index (Phi) is 4.41. The number of rotatable bonds is 5. The van der Waals surface area contributed by atoms with Gasteiger partial charge in [0.1, 0.15) is 0 Å². The first kappa shape index (κ1) is 17.7. The van der Waals surface area contributed by atoms with Crippen LogP contribution in [0.15, 0.2) is 78.0 Å². The van der Waals surface area contributed by atoms with Crippen LogP contribution >= 0.6 is 11.8 Å². The Hall–Kier alpha value is -3.38. The number of anilines is 1. The number of Topliss-reactive ketones (excluding diaryl/α,β-unsaturated/α-hetero) is 1. The van der Waals surface area contributed by atoms with Gasteiger partial charge in [-0.05, 0) is 48.0 Å². The van der Waals surface area contributed by atoms with Crippen LogP contribution in [-0.4, -0.2) is 27.0 Å². The summed E-state index contributed by atoms with van der Waals surface area (Å²) < 4.78 is 2.08. The van der Waals surface area contributed by atoms with Crippen LogP contribution in [0.25, 0.3) is 16.7 Å². The van der Waals surface area contributed by atoms with Gasteiger partial charge in [-0.25, -0.2) is 4.98 Å². The molecule has 0 unspecified atom stereocenters. The molecule has 1 aliphatic rings. The molecule has 3 aromatic carbocycles. The highest BCUT2D eigenvalue weighted by Gasteiger charge is 2.20. The van der Waals surface area contributed by atoms with Gasteiger partial charge in [0.15, 0.2) is 10.9 Å². The van der Waals surface area contributed by atoms with Crippen LogP contribution in [0.2, 0.25) is 0 Å². The van der Waals surface area contributed by atoms with Gasteiger partial charge >= 0.3 is 0 Å². The molecule has 0 spiro atoms. The number of ketones is 1. The van der Waals surface area contributed by atoms with Crippen molar-refractivity contribution in [2.24, 2.45) is 0 Å². The van der Waals surface area contributed by atoms with Crippen molar-refractivity contribution in [2.75, 3.05) is 11.1 Å². The molecule has 0 atom stereocenters. The summed E-state index contributed by atoms with van der Waals surface area (Å²) in [7, 11) is 0. The number of benzene rings is 3. The molecule has 1 N–H and O–H groups in total. The molecule has 4 aromatic rings. The summed E-state index contributed by atoms with van der Waals surface area (Å²) in [5.74, 6) is 0.260. The van der Waals surface area contributed by atoms with Gasteiger partial charge in [0.2, 0.25) is 5.91 Å². The van der Waals surface area contributed by atoms with E-state index < -0.39 is 0 Å². The number of nitrogens with zero attached hydrogens (tertiary/aromatic N) is 2. The van der Waals surface area contributed by atoms with E-state index in [0.29, 0.717) is 12.0 Å². The molecule has 142 valence electrons. The van der Waals surface area contributed by atoms with E-state index in [1.54, 1.807) is 12.1 Å². The van der Waals surface area contributed by atoms with Crippen molar-refractivity contribution in [3.63, 3.8) is 0 Å². The maximum Gasteiger partial charge on any atom is 0.228 e. The van der Waals surface area contributed by atoms with Gasteiger partial charge in [0.25, 0.3) is 0 Å². The second-order valence-electron chi connectivity index (χ2n) is 6.86. The van der Waals surface area contributed by atoms with Gasteiger partial charge in [-0.15, -0.1) is 0 Å². The fourth-order valence-electron chi connectivity index (χ4n) is 3.54. The van der Waals surface area contributed by atoms with E-state index in [-0.39, 0.29) is 17.4 Å². The second-order valence-corrected chi connectivity index (χ2v) is 7.81. The predicted octanol–water partition coefficient (Wildman–Crippen LogP) is 4.50. The van der Waals surface area contributed by atoms with Crippen molar-refractivity contribution in [1.82, 2.24) is 9.55 Å². The highest BCUT2D eigenvalue weighted by atomic mass is 32.2. The molecule has 5 nitrogen and oxygen atoms in total. The average molecular weight is 399 g/mol. The zero-order valence-corrected chi connectivity index (χ0v) is 16.3. The molecule has 5 rings (SSSR count). The largest absolute Gasteiger partial charge is 0.326 e. The summed E-state index contributed by atoms with van der Waals surface area (Å²) >= 11 is 1.42. The number of nitrogens with one attached hydrogen (secondary N) is 1. The molecular formula is C23H17N3O2S. The zero-order valence-electron chi connectivity index (χ0n) is 15.5. The van der Waals surface area contributed by atoms with Crippen molar-refractivity contribution in [1.29, 1.82) is 0 Å². The molecule has 29 heavy (non-hydrogen) atoms. The number of hydrogen-bond acceptors (Lipinski definition) is 4. The molecule has 0 saturated heterocycles. The number of aromatic nitrogens is 2. The molecule has 0 aliphatic carbocycles. The molecule has 0 fully saturated rings. The predicted molar refractivity (Wildman–Crippen MR) is 115 cm³/mol. The first-order valence-electron chi connectivity index (χ1n) is 9.31. The number of thioether (sulfide) groups is 1.